The lowest BCUT2D eigenvalue weighted by Crippen LogP contribution is -2.30. The summed E-state index contributed by atoms with van der Waals surface area (Å²) < 4.78 is 29.3. The molecule has 0 aliphatic rings. The Morgan fingerprint density at radius 2 is 1.82 bits per heavy atom. The second-order valence-electron chi connectivity index (χ2n) is 4.89. The summed E-state index contributed by atoms with van der Waals surface area (Å²) in [4.78, 5) is 6.52. The Bertz CT molecular complexity index is 566. The van der Waals surface area contributed by atoms with Gasteiger partial charge in [-0.1, -0.05) is 12.1 Å². The fraction of sp³-hybridized carbons (Fsp3) is 0.438. The van der Waals surface area contributed by atoms with Crippen molar-refractivity contribution in [3.63, 3.8) is 0 Å². The number of hydrogen-bond acceptors (Lipinski definition) is 5. The van der Waals surface area contributed by atoms with Gasteiger partial charge in [-0.2, -0.15) is 0 Å². The Hall–Kier alpha value is -1.76. The first-order chi connectivity index (χ1) is 10.7. The van der Waals surface area contributed by atoms with Crippen LogP contribution in [0.3, 0.4) is 0 Å². The minimum Gasteiger partial charge on any atom is -0.444 e. The van der Waals surface area contributed by atoms with Gasteiger partial charge in [-0.15, -0.1) is 0 Å². The van der Waals surface area contributed by atoms with Crippen molar-refractivity contribution in [3.8, 4) is 11.5 Å². The van der Waals surface area contributed by atoms with Gasteiger partial charge in [0.15, 0.2) is 0 Å². The third kappa shape index (κ3) is 4.62. The first-order valence-corrected chi connectivity index (χ1v) is 7.14. The van der Waals surface area contributed by atoms with Gasteiger partial charge in [0.25, 0.3) is 0 Å². The monoisotopic (exact) mass is 308 g/mol. The Morgan fingerprint density at radius 3 is 2.45 bits per heavy atom. The Kier molecular flexibility index (Phi) is 6.51. The molecule has 0 atom stereocenters. The van der Waals surface area contributed by atoms with E-state index in [0.29, 0.717) is 31.2 Å². The molecule has 22 heavy (non-hydrogen) atoms. The summed E-state index contributed by atoms with van der Waals surface area (Å²) in [6.45, 7) is 3.39. The number of aromatic nitrogens is 1. The van der Waals surface area contributed by atoms with Gasteiger partial charge in [0.05, 0.1) is 24.5 Å². The van der Waals surface area contributed by atoms with Gasteiger partial charge < -0.3 is 13.9 Å². The zero-order valence-corrected chi connectivity index (χ0v) is 12.9. The van der Waals surface area contributed by atoms with Crippen LogP contribution in [0, 0.1) is 5.82 Å². The summed E-state index contributed by atoms with van der Waals surface area (Å²) in [6, 6.07) is 6.44. The van der Waals surface area contributed by atoms with E-state index in [0.717, 1.165) is 18.8 Å². The summed E-state index contributed by atoms with van der Waals surface area (Å²) in [5.74, 6) is -0.0435. The van der Waals surface area contributed by atoms with Crippen molar-refractivity contribution in [3.05, 3.63) is 42.0 Å². The quantitative estimate of drug-likeness (QED) is 0.712. The summed E-state index contributed by atoms with van der Waals surface area (Å²) in [7, 11) is 3.34. The zero-order chi connectivity index (χ0) is 15.8. The molecule has 1 aromatic carbocycles. The number of nitrogens with zero attached hydrogens (tertiary/aromatic N) is 2. The number of methoxy groups -OCH3 is 2. The number of ether oxygens (including phenoxy) is 2. The average molecular weight is 308 g/mol. The summed E-state index contributed by atoms with van der Waals surface area (Å²) >= 11 is 0. The van der Waals surface area contributed by atoms with Crippen LogP contribution in [0.15, 0.2) is 34.9 Å². The highest BCUT2D eigenvalue weighted by molar-refractivity contribution is 5.53. The van der Waals surface area contributed by atoms with Crippen LogP contribution in [-0.2, 0) is 16.0 Å². The van der Waals surface area contributed by atoms with E-state index < -0.39 is 0 Å². The van der Waals surface area contributed by atoms with E-state index in [2.05, 4.69) is 9.88 Å². The Balaban J connectivity index is 2.04. The summed E-state index contributed by atoms with van der Waals surface area (Å²) in [6.07, 6.45) is 1.56. The van der Waals surface area contributed by atoms with Crippen LogP contribution in [-0.4, -0.2) is 50.4 Å². The van der Waals surface area contributed by atoms with Gasteiger partial charge in [-0.3, -0.25) is 4.90 Å². The highest BCUT2D eigenvalue weighted by Gasteiger charge is 2.13. The van der Waals surface area contributed by atoms with E-state index in [9.17, 15) is 4.39 Å². The van der Waals surface area contributed by atoms with Crippen LogP contribution in [0.25, 0.3) is 11.5 Å². The number of benzene rings is 1. The van der Waals surface area contributed by atoms with Crippen molar-refractivity contribution < 1.29 is 18.3 Å². The molecule has 0 spiro atoms. The molecule has 0 saturated carbocycles. The smallest absolute Gasteiger partial charge is 0.229 e. The number of rotatable bonds is 9. The highest BCUT2D eigenvalue weighted by atomic mass is 19.1. The van der Waals surface area contributed by atoms with Gasteiger partial charge >= 0.3 is 0 Å². The topological polar surface area (TPSA) is 47.7 Å². The van der Waals surface area contributed by atoms with Crippen molar-refractivity contribution in [1.29, 1.82) is 0 Å². The van der Waals surface area contributed by atoms with E-state index in [1.165, 1.54) is 6.07 Å². The molecule has 0 aliphatic carbocycles. The number of hydrogen-bond donors (Lipinski definition) is 0. The van der Waals surface area contributed by atoms with Gasteiger partial charge in [0.2, 0.25) is 5.89 Å². The third-order valence-corrected chi connectivity index (χ3v) is 3.26. The molecule has 0 radical (unpaired) electrons. The van der Waals surface area contributed by atoms with E-state index in [-0.39, 0.29) is 5.82 Å². The first kappa shape index (κ1) is 16.6. The minimum absolute atomic E-state index is 0.298. The standard InChI is InChI=1S/C16H21FN2O3/c1-20-9-7-19(8-10-21-2)11-13-12-22-16(18-13)14-5-3-4-6-15(14)17/h3-6,12H,7-11H2,1-2H3. The van der Waals surface area contributed by atoms with Crippen molar-refractivity contribution in [1.82, 2.24) is 9.88 Å². The number of oxazole rings is 1. The predicted octanol–water partition coefficient (Wildman–Crippen LogP) is 2.58. The van der Waals surface area contributed by atoms with E-state index >= 15 is 0 Å². The maximum Gasteiger partial charge on any atom is 0.229 e. The lowest BCUT2D eigenvalue weighted by Gasteiger charge is -2.20. The van der Waals surface area contributed by atoms with Crippen molar-refractivity contribution in [2.24, 2.45) is 0 Å². The summed E-state index contributed by atoms with van der Waals surface area (Å²) in [5, 5.41) is 0. The zero-order valence-electron chi connectivity index (χ0n) is 12.9. The second-order valence-corrected chi connectivity index (χ2v) is 4.89. The molecule has 6 heteroatoms. The van der Waals surface area contributed by atoms with Crippen LogP contribution in [0.5, 0.6) is 0 Å². The molecule has 0 aliphatic heterocycles. The molecule has 0 amide bonds. The normalized spacial score (nSPS) is 11.3. The number of halogens is 1. The SMILES string of the molecule is COCCN(CCOC)Cc1coc(-c2ccccc2F)n1. The van der Waals surface area contributed by atoms with Crippen LogP contribution in [0.2, 0.25) is 0 Å². The maximum atomic E-state index is 13.7. The van der Waals surface area contributed by atoms with E-state index in [1.54, 1.807) is 38.7 Å². The third-order valence-electron chi connectivity index (χ3n) is 3.26. The fourth-order valence-electron chi connectivity index (χ4n) is 2.08. The van der Waals surface area contributed by atoms with E-state index in [1.807, 2.05) is 0 Å². The molecule has 2 aromatic rings. The van der Waals surface area contributed by atoms with Crippen LogP contribution >= 0.6 is 0 Å². The molecule has 0 N–H and O–H groups in total. The molecule has 5 nitrogen and oxygen atoms in total. The molecule has 1 aromatic heterocycles. The molecule has 1 heterocycles. The molecular weight excluding hydrogens is 287 g/mol. The first-order valence-electron chi connectivity index (χ1n) is 7.14. The molecule has 120 valence electrons. The molecule has 0 fully saturated rings. The molecule has 2 rings (SSSR count). The molecule has 0 unspecified atom stereocenters. The summed E-state index contributed by atoms with van der Waals surface area (Å²) in [5.41, 5.74) is 1.12. The molecule has 0 bridgehead atoms. The van der Waals surface area contributed by atoms with Gasteiger partial charge in [0.1, 0.15) is 12.1 Å². The van der Waals surface area contributed by atoms with Crippen LogP contribution < -0.4 is 0 Å². The van der Waals surface area contributed by atoms with Crippen LogP contribution in [0.4, 0.5) is 4.39 Å². The maximum absolute atomic E-state index is 13.7. The van der Waals surface area contributed by atoms with E-state index in [4.69, 9.17) is 13.9 Å². The highest BCUT2D eigenvalue weighted by Crippen LogP contribution is 2.22. The lowest BCUT2D eigenvalue weighted by atomic mass is 10.2. The van der Waals surface area contributed by atoms with Gasteiger partial charge in [-0.25, -0.2) is 9.37 Å². The van der Waals surface area contributed by atoms with Gasteiger partial charge in [0, 0.05) is 33.9 Å². The Morgan fingerprint density at radius 1 is 1.14 bits per heavy atom. The van der Waals surface area contributed by atoms with Crippen molar-refractivity contribution >= 4 is 0 Å². The second kappa shape index (κ2) is 8.63. The minimum atomic E-state index is -0.341. The lowest BCUT2D eigenvalue weighted by molar-refractivity contribution is 0.109. The molecular formula is C16H21FN2O3. The fourth-order valence-corrected chi connectivity index (χ4v) is 2.08. The molecule has 0 saturated heterocycles. The Labute approximate surface area is 129 Å². The van der Waals surface area contributed by atoms with Gasteiger partial charge in [-0.05, 0) is 12.1 Å². The average Bonchev–Trinajstić information content (AvgIpc) is 2.98. The van der Waals surface area contributed by atoms with Crippen molar-refractivity contribution in [2.75, 3.05) is 40.5 Å². The van der Waals surface area contributed by atoms with Crippen LogP contribution in [0.1, 0.15) is 5.69 Å². The predicted molar refractivity (Wildman–Crippen MR) is 80.9 cm³/mol. The largest absolute Gasteiger partial charge is 0.444 e. The van der Waals surface area contributed by atoms with Crippen molar-refractivity contribution in [2.45, 2.75) is 6.54 Å².